The molecule has 0 fully saturated rings. The minimum Gasteiger partial charge on any atom is -0.268 e. The van der Waals surface area contributed by atoms with E-state index in [0.717, 1.165) is 17.4 Å². The number of aromatic amines is 1. The van der Waals surface area contributed by atoms with Gasteiger partial charge in [-0.2, -0.15) is 5.10 Å². The second-order valence-corrected chi connectivity index (χ2v) is 6.71. The van der Waals surface area contributed by atoms with Crippen LogP contribution >= 0.6 is 22.9 Å². The zero-order valence-electron chi connectivity index (χ0n) is 8.97. The molecule has 0 spiro atoms. The number of H-pyrrole nitrogens is 1. The number of hydrogen-bond donors (Lipinski definition) is 2. The first kappa shape index (κ1) is 13.0. The fraction of sp³-hybridized carbons (Fsp3) is 0.125. The van der Waals surface area contributed by atoms with Gasteiger partial charge in [-0.15, -0.1) is 0 Å². The lowest BCUT2D eigenvalue weighted by Gasteiger charge is -2.04. The fourth-order valence-corrected chi connectivity index (χ4v) is 3.93. The van der Waals surface area contributed by atoms with Gasteiger partial charge in [-0.25, -0.2) is 18.5 Å². The average Bonchev–Trinajstić information content (AvgIpc) is 2.62. The maximum atomic E-state index is 12.0. The highest BCUT2D eigenvalue weighted by Crippen LogP contribution is 2.27. The van der Waals surface area contributed by atoms with Gasteiger partial charge in [0.05, 0.1) is 5.69 Å². The number of aryl methyl sites for hydroxylation is 1. The van der Waals surface area contributed by atoms with Crippen molar-refractivity contribution in [1.82, 2.24) is 15.2 Å². The minimum absolute atomic E-state index is 0.0125. The van der Waals surface area contributed by atoms with E-state index in [0.29, 0.717) is 5.69 Å². The number of nitrogens with zero attached hydrogens (tertiary/aromatic N) is 2. The number of halogens is 1. The summed E-state index contributed by atoms with van der Waals surface area (Å²) in [5.74, 6) is 0.0125. The number of rotatable bonds is 3. The molecule has 2 N–H and O–H groups in total. The Hall–Kier alpha value is -1.45. The summed E-state index contributed by atoms with van der Waals surface area (Å²) in [7, 11) is -3.80. The summed E-state index contributed by atoms with van der Waals surface area (Å²) in [5.41, 5.74) is -0.114. The van der Waals surface area contributed by atoms with E-state index >= 15 is 0 Å². The molecule has 0 saturated carbocycles. The number of sulfonamides is 1. The molecule has 0 aliphatic rings. The molecule has 0 atom stereocenters. The highest BCUT2D eigenvalue weighted by molar-refractivity contribution is 7.94. The van der Waals surface area contributed by atoms with E-state index in [-0.39, 0.29) is 14.5 Å². The third-order valence-corrected chi connectivity index (χ3v) is 5.12. The summed E-state index contributed by atoms with van der Waals surface area (Å²) in [6, 6.07) is 2.42. The van der Waals surface area contributed by atoms with Crippen LogP contribution in [0.15, 0.2) is 21.1 Å². The van der Waals surface area contributed by atoms with Crippen LogP contribution in [-0.2, 0) is 10.0 Å². The first-order chi connectivity index (χ1) is 8.38. The molecule has 0 amide bonds. The van der Waals surface area contributed by atoms with Crippen molar-refractivity contribution in [1.29, 1.82) is 0 Å². The maximum Gasteiger partial charge on any atom is 0.274 e. The van der Waals surface area contributed by atoms with E-state index in [4.69, 9.17) is 11.6 Å². The molecular formula is C8H7ClN4O3S2. The van der Waals surface area contributed by atoms with Gasteiger partial charge in [0.1, 0.15) is 0 Å². The van der Waals surface area contributed by atoms with Crippen molar-refractivity contribution >= 4 is 38.8 Å². The Balaban J connectivity index is 2.35. The molecule has 2 aromatic rings. The van der Waals surface area contributed by atoms with Gasteiger partial charge in [0, 0.05) is 6.07 Å². The van der Waals surface area contributed by atoms with Crippen LogP contribution in [0.25, 0.3) is 0 Å². The molecule has 0 bridgehead atoms. The van der Waals surface area contributed by atoms with Crippen molar-refractivity contribution in [3.05, 3.63) is 32.6 Å². The topological polar surface area (TPSA) is 105 Å². The van der Waals surface area contributed by atoms with Crippen molar-refractivity contribution < 1.29 is 8.42 Å². The summed E-state index contributed by atoms with van der Waals surface area (Å²) in [6.07, 6.45) is 0. The van der Waals surface area contributed by atoms with E-state index in [2.05, 4.69) is 19.9 Å². The quantitative estimate of drug-likeness (QED) is 0.879. The standard InChI is InChI=1S/C8H7ClN4O3S2/c1-4-7(17-8(9)10-4)18(15,16)13-5-2-3-6(14)12-11-5/h2-3H,1H3,(H,11,13)(H,12,14). The van der Waals surface area contributed by atoms with Crippen molar-refractivity contribution in [2.45, 2.75) is 11.1 Å². The molecular weight excluding hydrogens is 300 g/mol. The number of anilines is 1. The molecule has 2 heterocycles. The molecule has 96 valence electrons. The maximum absolute atomic E-state index is 12.0. The van der Waals surface area contributed by atoms with Crippen LogP contribution in [-0.4, -0.2) is 23.6 Å². The fourth-order valence-electron chi connectivity index (χ4n) is 1.19. The SMILES string of the molecule is Cc1nc(Cl)sc1S(=O)(=O)Nc1ccc(=O)[nH]n1. The summed E-state index contributed by atoms with van der Waals surface area (Å²) in [6.45, 7) is 1.54. The molecule has 0 aromatic carbocycles. The molecule has 0 aliphatic carbocycles. The van der Waals surface area contributed by atoms with Gasteiger partial charge < -0.3 is 0 Å². The van der Waals surface area contributed by atoms with Crippen molar-refractivity contribution in [3.63, 3.8) is 0 Å². The number of aromatic nitrogens is 3. The van der Waals surface area contributed by atoms with E-state index in [1.165, 1.54) is 13.0 Å². The van der Waals surface area contributed by atoms with Gasteiger partial charge in [0.25, 0.3) is 15.6 Å². The third kappa shape index (κ3) is 2.68. The van der Waals surface area contributed by atoms with Crippen LogP contribution < -0.4 is 10.3 Å². The molecule has 0 aliphatic heterocycles. The van der Waals surface area contributed by atoms with Crippen LogP contribution in [0.2, 0.25) is 4.47 Å². The Morgan fingerprint density at radius 2 is 2.17 bits per heavy atom. The predicted molar refractivity (Wildman–Crippen MR) is 67.5 cm³/mol. The second kappa shape index (κ2) is 4.67. The second-order valence-electron chi connectivity index (χ2n) is 3.25. The van der Waals surface area contributed by atoms with Gasteiger partial charge in [-0.3, -0.25) is 9.52 Å². The van der Waals surface area contributed by atoms with Crippen LogP contribution in [0.5, 0.6) is 0 Å². The average molecular weight is 307 g/mol. The first-order valence-electron chi connectivity index (χ1n) is 4.60. The van der Waals surface area contributed by atoms with E-state index in [1.807, 2.05) is 0 Å². The Labute approximate surface area is 111 Å². The molecule has 10 heteroatoms. The van der Waals surface area contributed by atoms with Gasteiger partial charge in [-0.05, 0) is 13.0 Å². The smallest absolute Gasteiger partial charge is 0.268 e. The highest BCUT2D eigenvalue weighted by atomic mass is 35.5. The number of nitrogens with one attached hydrogen (secondary N) is 2. The van der Waals surface area contributed by atoms with Gasteiger partial charge in [0.2, 0.25) is 0 Å². The van der Waals surface area contributed by atoms with E-state index < -0.39 is 15.6 Å². The Kier molecular flexibility index (Phi) is 3.37. The lowest BCUT2D eigenvalue weighted by Crippen LogP contribution is -2.16. The van der Waals surface area contributed by atoms with Gasteiger partial charge in [-0.1, -0.05) is 22.9 Å². The first-order valence-corrected chi connectivity index (χ1v) is 7.28. The van der Waals surface area contributed by atoms with Crippen molar-refractivity contribution in [3.8, 4) is 0 Å². The predicted octanol–water partition coefficient (Wildman–Crippen LogP) is 0.989. The minimum atomic E-state index is -3.80. The zero-order chi connectivity index (χ0) is 13.3. The van der Waals surface area contributed by atoms with Crippen molar-refractivity contribution in [2.75, 3.05) is 4.72 Å². The van der Waals surface area contributed by atoms with E-state index in [1.54, 1.807) is 0 Å². The monoisotopic (exact) mass is 306 g/mol. The van der Waals surface area contributed by atoms with Crippen molar-refractivity contribution in [2.24, 2.45) is 0 Å². The normalized spacial score (nSPS) is 11.4. The molecule has 0 unspecified atom stereocenters. The highest BCUT2D eigenvalue weighted by Gasteiger charge is 2.21. The Morgan fingerprint density at radius 3 is 2.67 bits per heavy atom. The van der Waals surface area contributed by atoms with Crippen LogP contribution in [0.4, 0.5) is 5.82 Å². The van der Waals surface area contributed by atoms with Crippen LogP contribution in [0.1, 0.15) is 5.69 Å². The number of thiazole rings is 1. The molecule has 18 heavy (non-hydrogen) atoms. The summed E-state index contributed by atoms with van der Waals surface area (Å²) in [4.78, 5) is 14.6. The summed E-state index contributed by atoms with van der Waals surface area (Å²) >= 11 is 6.50. The van der Waals surface area contributed by atoms with Gasteiger partial charge in [0.15, 0.2) is 14.5 Å². The van der Waals surface area contributed by atoms with Crippen LogP contribution in [0, 0.1) is 6.92 Å². The van der Waals surface area contributed by atoms with Crippen LogP contribution in [0.3, 0.4) is 0 Å². The van der Waals surface area contributed by atoms with Gasteiger partial charge >= 0.3 is 0 Å². The third-order valence-electron chi connectivity index (χ3n) is 1.89. The molecule has 2 aromatic heterocycles. The molecule has 2 rings (SSSR count). The largest absolute Gasteiger partial charge is 0.274 e. The lowest BCUT2D eigenvalue weighted by atomic mass is 10.5. The molecule has 7 nitrogen and oxygen atoms in total. The Bertz CT molecular complexity index is 717. The molecule has 0 radical (unpaired) electrons. The summed E-state index contributed by atoms with van der Waals surface area (Å²) in [5, 5.41) is 5.67. The molecule has 0 saturated heterocycles. The Morgan fingerprint density at radius 1 is 1.44 bits per heavy atom. The summed E-state index contributed by atoms with van der Waals surface area (Å²) < 4.78 is 26.4. The lowest BCUT2D eigenvalue weighted by molar-refractivity contribution is 0.602. The zero-order valence-corrected chi connectivity index (χ0v) is 11.4. The number of hydrogen-bond acceptors (Lipinski definition) is 6. The van der Waals surface area contributed by atoms with E-state index in [9.17, 15) is 13.2 Å².